The van der Waals surface area contributed by atoms with Gasteiger partial charge in [-0.05, 0) is 62.6 Å². The molecule has 0 heterocycles. The fourth-order valence-electron chi connectivity index (χ4n) is 3.84. The van der Waals surface area contributed by atoms with Crippen molar-refractivity contribution < 1.29 is 28.5 Å². The number of carbonyl (C=O) groups excluding carboxylic acids is 2. The Hall–Kier alpha value is -2.24. The molecular formula is C23H34O6. The number of carbonyl (C=O) groups is 2. The third-order valence-corrected chi connectivity index (χ3v) is 5.34. The minimum absolute atomic E-state index is 0.111. The second-order valence-corrected chi connectivity index (χ2v) is 7.96. The lowest BCUT2D eigenvalue weighted by molar-refractivity contribution is -0.159. The lowest BCUT2D eigenvalue weighted by atomic mass is 9.75. The molecule has 0 spiro atoms. The summed E-state index contributed by atoms with van der Waals surface area (Å²) in [6.07, 6.45) is 2.97. The molecule has 1 fully saturated rings. The lowest BCUT2D eigenvalue weighted by Crippen LogP contribution is -2.36. The quantitative estimate of drug-likeness (QED) is 0.556. The highest BCUT2D eigenvalue weighted by Crippen LogP contribution is 2.35. The first kappa shape index (κ1) is 23.0. The van der Waals surface area contributed by atoms with E-state index in [0.29, 0.717) is 48.0 Å². The van der Waals surface area contributed by atoms with Crippen molar-refractivity contribution in [1.29, 1.82) is 0 Å². The monoisotopic (exact) mass is 406 g/mol. The van der Waals surface area contributed by atoms with Crippen LogP contribution in [0.2, 0.25) is 0 Å². The van der Waals surface area contributed by atoms with Gasteiger partial charge in [0.05, 0.1) is 18.8 Å². The molecule has 29 heavy (non-hydrogen) atoms. The smallest absolute Gasteiger partial charge is 0.344 e. The predicted molar refractivity (Wildman–Crippen MR) is 110 cm³/mol. The van der Waals surface area contributed by atoms with Gasteiger partial charge in [0.1, 0.15) is 6.10 Å². The second-order valence-electron chi connectivity index (χ2n) is 7.96. The molecule has 3 atom stereocenters. The molecule has 0 aromatic heterocycles. The number of benzene rings is 1. The molecule has 6 nitrogen and oxygen atoms in total. The Bertz CT molecular complexity index is 684. The van der Waals surface area contributed by atoms with Crippen LogP contribution in [-0.4, -0.2) is 37.9 Å². The van der Waals surface area contributed by atoms with Crippen molar-refractivity contribution in [2.24, 2.45) is 17.8 Å². The average Bonchev–Trinajstić information content (AvgIpc) is 2.67. The zero-order valence-electron chi connectivity index (χ0n) is 18.2. The Labute approximate surface area is 173 Å². The first-order valence-corrected chi connectivity index (χ1v) is 10.6. The molecule has 6 heteroatoms. The summed E-state index contributed by atoms with van der Waals surface area (Å²) in [4.78, 5) is 24.7. The van der Waals surface area contributed by atoms with Crippen LogP contribution in [0, 0.1) is 17.8 Å². The van der Waals surface area contributed by atoms with Crippen LogP contribution in [0.1, 0.15) is 64.2 Å². The number of rotatable bonds is 9. The molecule has 1 aromatic carbocycles. The van der Waals surface area contributed by atoms with E-state index in [-0.39, 0.29) is 6.10 Å². The molecule has 1 aliphatic rings. The molecule has 2 rings (SSSR count). The summed E-state index contributed by atoms with van der Waals surface area (Å²) in [6.45, 7) is 10.8. The summed E-state index contributed by atoms with van der Waals surface area (Å²) in [5, 5.41) is 0. The molecule has 0 amide bonds. The van der Waals surface area contributed by atoms with Crippen molar-refractivity contribution >= 4 is 11.9 Å². The molecule has 3 unspecified atom stereocenters. The van der Waals surface area contributed by atoms with Crippen molar-refractivity contribution in [2.75, 3.05) is 19.8 Å². The summed E-state index contributed by atoms with van der Waals surface area (Å²) in [5.74, 6) is 1.28. The standard InChI is InChI=1S/C23H34O6/c1-6-26-19-11-9-17(13-21(19)27-7-2)23(25)28-14-22(24)29-20-12-16(5)8-10-18(20)15(3)4/h9,11,13,15-16,18,20H,6-8,10,12,14H2,1-5H3. The van der Waals surface area contributed by atoms with E-state index in [9.17, 15) is 9.59 Å². The van der Waals surface area contributed by atoms with Crippen LogP contribution >= 0.6 is 0 Å². The molecule has 0 radical (unpaired) electrons. The summed E-state index contributed by atoms with van der Waals surface area (Å²) in [5.41, 5.74) is 0.302. The fraction of sp³-hybridized carbons (Fsp3) is 0.652. The van der Waals surface area contributed by atoms with Gasteiger partial charge in [0.25, 0.3) is 0 Å². The van der Waals surface area contributed by atoms with Crippen molar-refractivity contribution in [3.05, 3.63) is 23.8 Å². The summed E-state index contributed by atoms with van der Waals surface area (Å²) in [7, 11) is 0. The van der Waals surface area contributed by atoms with Gasteiger partial charge in [-0.3, -0.25) is 0 Å². The van der Waals surface area contributed by atoms with E-state index in [0.717, 1.165) is 19.3 Å². The predicted octanol–water partition coefficient (Wildman–Crippen LogP) is 4.64. The Morgan fingerprint density at radius 2 is 1.76 bits per heavy atom. The van der Waals surface area contributed by atoms with Crippen molar-refractivity contribution in [2.45, 2.75) is 60.0 Å². The van der Waals surface area contributed by atoms with E-state index in [1.54, 1.807) is 18.2 Å². The Morgan fingerprint density at radius 3 is 2.41 bits per heavy atom. The molecule has 0 bridgehead atoms. The Morgan fingerprint density at radius 1 is 1.07 bits per heavy atom. The third kappa shape index (κ3) is 6.65. The van der Waals surface area contributed by atoms with E-state index in [1.165, 1.54) is 0 Å². The molecule has 162 valence electrons. The third-order valence-electron chi connectivity index (χ3n) is 5.34. The zero-order chi connectivity index (χ0) is 21.4. The first-order chi connectivity index (χ1) is 13.8. The highest BCUT2D eigenvalue weighted by Gasteiger charge is 2.33. The summed E-state index contributed by atoms with van der Waals surface area (Å²) >= 11 is 0. The minimum atomic E-state index is -0.594. The Balaban J connectivity index is 1.94. The normalized spacial score (nSPS) is 21.5. The summed E-state index contributed by atoms with van der Waals surface area (Å²) < 4.78 is 21.9. The molecular weight excluding hydrogens is 372 g/mol. The van der Waals surface area contributed by atoms with Gasteiger partial charge in [0.15, 0.2) is 18.1 Å². The molecule has 1 saturated carbocycles. The lowest BCUT2D eigenvalue weighted by Gasteiger charge is -2.36. The SMILES string of the molecule is CCOc1ccc(C(=O)OCC(=O)OC2CC(C)CCC2C(C)C)cc1OCC. The maximum Gasteiger partial charge on any atom is 0.344 e. The molecule has 1 aromatic rings. The van der Waals surface area contributed by atoms with E-state index >= 15 is 0 Å². The van der Waals surface area contributed by atoms with Crippen LogP contribution in [0.25, 0.3) is 0 Å². The van der Waals surface area contributed by atoms with Gasteiger partial charge in [-0.25, -0.2) is 9.59 Å². The van der Waals surface area contributed by atoms with Gasteiger partial charge in [-0.1, -0.05) is 27.2 Å². The van der Waals surface area contributed by atoms with Crippen molar-refractivity contribution in [1.82, 2.24) is 0 Å². The van der Waals surface area contributed by atoms with Gasteiger partial charge >= 0.3 is 11.9 Å². The van der Waals surface area contributed by atoms with Gasteiger partial charge in [-0.2, -0.15) is 0 Å². The van der Waals surface area contributed by atoms with E-state index in [4.69, 9.17) is 18.9 Å². The first-order valence-electron chi connectivity index (χ1n) is 10.6. The minimum Gasteiger partial charge on any atom is -0.490 e. The van der Waals surface area contributed by atoms with Crippen molar-refractivity contribution in [3.63, 3.8) is 0 Å². The topological polar surface area (TPSA) is 71.1 Å². The molecule has 0 N–H and O–H groups in total. The average molecular weight is 407 g/mol. The van der Waals surface area contributed by atoms with Gasteiger partial charge < -0.3 is 18.9 Å². The Kier molecular flexibility index (Phi) is 8.80. The molecule has 1 aliphatic carbocycles. The van der Waals surface area contributed by atoms with E-state index < -0.39 is 18.5 Å². The van der Waals surface area contributed by atoms with E-state index in [1.807, 2.05) is 13.8 Å². The number of hydrogen-bond acceptors (Lipinski definition) is 6. The maximum absolute atomic E-state index is 12.4. The van der Waals surface area contributed by atoms with Crippen LogP contribution in [0.3, 0.4) is 0 Å². The largest absolute Gasteiger partial charge is 0.490 e. The van der Waals surface area contributed by atoms with Crippen LogP contribution in [0.5, 0.6) is 11.5 Å². The van der Waals surface area contributed by atoms with Crippen LogP contribution in [0.15, 0.2) is 18.2 Å². The second kappa shape index (κ2) is 11.1. The highest BCUT2D eigenvalue weighted by atomic mass is 16.6. The fourth-order valence-corrected chi connectivity index (χ4v) is 3.84. The number of ether oxygens (including phenoxy) is 4. The summed E-state index contributed by atoms with van der Waals surface area (Å²) in [6, 6.07) is 4.83. The molecule has 0 saturated heterocycles. The van der Waals surface area contributed by atoms with Crippen LogP contribution in [0.4, 0.5) is 0 Å². The van der Waals surface area contributed by atoms with Gasteiger partial charge in [-0.15, -0.1) is 0 Å². The maximum atomic E-state index is 12.4. The highest BCUT2D eigenvalue weighted by molar-refractivity contribution is 5.91. The van der Waals surface area contributed by atoms with Gasteiger partial charge in [0, 0.05) is 0 Å². The van der Waals surface area contributed by atoms with Crippen LogP contribution < -0.4 is 9.47 Å². The zero-order valence-corrected chi connectivity index (χ0v) is 18.2. The van der Waals surface area contributed by atoms with Crippen molar-refractivity contribution in [3.8, 4) is 11.5 Å². The molecule has 0 aliphatic heterocycles. The van der Waals surface area contributed by atoms with E-state index in [2.05, 4.69) is 20.8 Å². The number of esters is 2. The number of hydrogen-bond donors (Lipinski definition) is 0. The van der Waals surface area contributed by atoms with Crippen LogP contribution in [-0.2, 0) is 14.3 Å². The van der Waals surface area contributed by atoms with Gasteiger partial charge in [0.2, 0.25) is 0 Å².